The number of ketones is 1. The average Bonchev–Trinajstić information content (AvgIpc) is 2.72. The van der Waals surface area contributed by atoms with Crippen LogP contribution in [0.1, 0.15) is 30.0 Å². The van der Waals surface area contributed by atoms with Crippen molar-refractivity contribution in [1.82, 2.24) is 9.97 Å². The first-order valence-corrected chi connectivity index (χ1v) is 5.92. The maximum absolute atomic E-state index is 11.4. The summed E-state index contributed by atoms with van der Waals surface area (Å²) in [6, 6.07) is 7.65. The van der Waals surface area contributed by atoms with Gasteiger partial charge in [0.05, 0.1) is 6.61 Å². The molecule has 18 heavy (non-hydrogen) atoms. The fourth-order valence-electron chi connectivity index (χ4n) is 1.84. The molecule has 0 fully saturated rings. The number of rotatable bonds is 4. The molecule has 0 bridgehead atoms. The first-order valence-electron chi connectivity index (χ1n) is 5.92. The van der Waals surface area contributed by atoms with Crippen LogP contribution >= 0.6 is 0 Å². The van der Waals surface area contributed by atoms with E-state index in [1.807, 2.05) is 38.1 Å². The van der Waals surface area contributed by atoms with Crippen LogP contribution in [0.4, 0.5) is 0 Å². The van der Waals surface area contributed by atoms with E-state index in [-0.39, 0.29) is 5.78 Å². The number of imidazole rings is 1. The number of benzene rings is 1. The number of aromatic amines is 1. The second kappa shape index (κ2) is 5.04. The van der Waals surface area contributed by atoms with E-state index in [1.165, 1.54) is 6.92 Å². The maximum atomic E-state index is 11.4. The molecule has 94 valence electrons. The predicted molar refractivity (Wildman–Crippen MR) is 69.9 cm³/mol. The first kappa shape index (κ1) is 12.4. The molecule has 1 aromatic heterocycles. The third-order valence-corrected chi connectivity index (χ3v) is 2.64. The predicted octanol–water partition coefficient (Wildman–Crippen LogP) is 2.99. The van der Waals surface area contributed by atoms with Crippen molar-refractivity contribution in [3.05, 3.63) is 35.7 Å². The van der Waals surface area contributed by atoms with Crippen molar-refractivity contribution >= 4 is 5.78 Å². The topological polar surface area (TPSA) is 55.0 Å². The molecule has 2 rings (SSSR count). The zero-order chi connectivity index (χ0) is 13.1. The Morgan fingerprint density at radius 3 is 2.83 bits per heavy atom. The summed E-state index contributed by atoms with van der Waals surface area (Å²) in [5, 5.41) is 0. The number of carbonyl (C=O) groups excluding carboxylic acids is 1. The largest absolute Gasteiger partial charge is 0.494 e. The van der Waals surface area contributed by atoms with Gasteiger partial charge in [0, 0.05) is 18.2 Å². The molecule has 0 atom stereocenters. The van der Waals surface area contributed by atoms with Crippen molar-refractivity contribution in [3.8, 4) is 17.1 Å². The lowest BCUT2D eigenvalue weighted by Gasteiger charge is -2.03. The Kier molecular flexibility index (Phi) is 3.46. The maximum Gasteiger partial charge on any atom is 0.179 e. The van der Waals surface area contributed by atoms with E-state index in [1.54, 1.807) is 0 Å². The minimum Gasteiger partial charge on any atom is -0.494 e. The number of aryl methyl sites for hydroxylation is 1. The van der Waals surface area contributed by atoms with Crippen LogP contribution in [0.5, 0.6) is 5.75 Å². The SMILES string of the molecule is CCOc1cccc(-c2nc(C(C)=O)c(C)[nH]2)c1. The molecule has 0 aliphatic heterocycles. The highest BCUT2D eigenvalue weighted by atomic mass is 16.5. The average molecular weight is 244 g/mol. The van der Waals surface area contributed by atoms with Crippen molar-refractivity contribution in [1.29, 1.82) is 0 Å². The van der Waals surface area contributed by atoms with Gasteiger partial charge in [-0.05, 0) is 26.0 Å². The Bertz CT molecular complexity index is 573. The lowest BCUT2D eigenvalue weighted by atomic mass is 10.2. The van der Waals surface area contributed by atoms with Gasteiger partial charge in [-0.2, -0.15) is 0 Å². The van der Waals surface area contributed by atoms with Crippen LogP contribution < -0.4 is 4.74 Å². The summed E-state index contributed by atoms with van der Waals surface area (Å²) >= 11 is 0. The summed E-state index contributed by atoms with van der Waals surface area (Å²) in [6.45, 7) is 5.93. The fraction of sp³-hybridized carbons (Fsp3) is 0.286. The van der Waals surface area contributed by atoms with Crippen LogP contribution in [0, 0.1) is 6.92 Å². The van der Waals surface area contributed by atoms with E-state index in [2.05, 4.69) is 9.97 Å². The molecule has 0 aliphatic carbocycles. The monoisotopic (exact) mass is 244 g/mol. The molecule has 1 heterocycles. The number of carbonyl (C=O) groups is 1. The molecule has 4 nitrogen and oxygen atoms in total. The van der Waals surface area contributed by atoms with Gasteiger partial charge in [-0.15, -0.1) is 0 Å². The normalized spacial score (nSPS) is 10.4. The van der Waals surface area contributed by atoms with Gasteiger partial charge in [0.2, 0.25) is 0 Å². The van der Waals surface area contributed by atoms with Crippen LogP contribution in [0.3, 0.4) is 0 Å². The summed E-state index contributed by atoms with van der Waals surface area (Å²) < 4.78 is 5.44. The van der Waals surface area contributed by atoms with Crippen LogP contribution in [-0.2, 0) is 0 Å². The zero-order valence-electron chi connectivity index (χ0n) is 10.8. The molecular formula is C14H16N2O2. The van der Waals surface area contributed by atoms with E-state index in [9.17, 15) is 4.79 Å². The third kappa shape index (κ3) is 2.42. The van der Waals surface area contributed by atoms with Crippen LogP contribution in [0.2, 0.25) is 0 Å². The number of ether oxygens (including phenoxy) is 1. The molecule has 0 aliphatic rings. The van der Waals surface area contributed by atoms with Crippen LogP contribution in [-0.4, -0.2) is 22.4 Å². The Balaban J connectivity index is 2.39. The Hall–Kier alpha value is -2.10. The van der Waals surface area contributed by atoms with Crippen molar-refractivity contribution in [3.63, 3.8) is 0 Å². The molecular weight excluding hydrogens is 228 g/mol. The van der Waals surface area contributed by atoms with E-state index < -0.39 is 0 Å². The van der Waals surface area contributed by atoms with Crippen molar-refractivity contribution in [2.45, 2.75) is 20.8 Å². The van der Waals surface area contributed by atoms with Gasteiger partial charge in [-0.3, -0.25) is 4.79 Å². The molecule has 0 saturated carbocycles. The van der Waals surface area contributed by atoms with Crippen LogP contribution in [0.15, 0.2) is 24.3 Å². The van der Waals surface area contributed by atoms with Crippen molar-refractivity contribution in [2.75, 3.05) is 6.61 Å². The summed E-state index contributed by atoms with van der Waals surface area (Å²) in [6.07, 6.45) is 0. The highest BCUT2D eigenvalue weighted by Crippen LogP contribution is 2.22. The summed E-state index contributed by atoms with van der Waals surface area (Å²) in [5.74, 6) is 1.46. The van der Waals surface area contributed by atoms with Gasteiger partial charge in [0.25, 0.3) is 0 Å². The number of hydrogen-bond acceptors (Lipinski definition) is 3. The minimum atomic E-state index is -0.0315. The van der Waals surface area contributed by atoms with E-state index in [0.29, 0.717) is 18.1 Å². The van der Waals surface area contributed by atoms with Gasteiger partial charge >= 0.3 is 0 Å². The number of hydrogen-bond donors (Lipinski definition) is 1. The fourth-order valence-corrected chi connectivity index (χ4v) is 1.84. The quantitative estimate of drug-likeness (QED) is 0.841. The molecule has 0 unspecified atom stereocenters. The standard InChI is InChI=1S/C14H16N2O2/c1-4-18-12-7-5-6-11(8-12)14-15-9(2)13(16-14)10(3)17/h5-8H,4H2,1-3H3,(H,15,16). The smallest absolute Gasteiger partial charge is 0.179 e. The van der Waals surface area contributed by atoms with Gasteiger partial charge < -0.3 is 9.72 Å². The number of nitrogens with one attached hydrogen (secondary N) is 1. The molecule has 1 N–H and O–H groups in total. The summed E-state index contributed by atoms with van der Waals surface area (Å²) in [5.41, 5.74) is 2.20. The van der Waals surface area contributed by atoms with Crippen molar-refractivity contribution in [2.24, 2.45) is 0 Å². The Morgan fingerprint density at radius 2 is 2.22 bits per heavy atom. The minimum absolute atomic E-state index is 0.0315. The molecule has 1 aromatic carbocycles. The number of H-pyrrole nitrogens is 1. The molecule has 0 spiro atoms. The third-order valence-electron chi connectivity index (χ3n) is 2.64. The van der Waals surface area contributed by atoms with Crippen LogP contribution in [0.25, 0.3) is 11.4 Å². The van der Waals surface area contributed by atoms with Crippen molar-refractivity contribution < 1.29 is 9.53 Å². The first-order chi connectivity index (χ1) is 8.61. The highest BCUT2D eigenvalue weighted by molar-refractivity contribution is 5.93. The Morgan fingerprint density at radius 1 is 1.44 bits per heavy atom. The van der Waals surface area contributed by atoms with E-state index >= 15 is 0 Å². The lowest BCUT2D eigenvalue weighted by Crippen LogP contribution is -1.94. The molecule has 2 aromatic rings. The molecule has 0 radical (unpaired) electrons. The Labute approximate surface area is 106 Å². The summed E-state index contributed by atoms with van der Waals surface area (Å²) in [7, 11) is 0. The van der Waals surface area contributed by atoms with E-state index in [4.69, 9.17) is 4.74 Å². The molecule has 0 saturated heterocycles. The summed E-state index contributed by atoms with van der Waals surface area (Å²) in [4.78, 5) is 18.8. The van der Waals surface area contributed by atoms with Gasteiger partial charge in [-0.1, -0.05) is 12.1 Å². The molecule has 0 amide bonds. The van der Waals surface area contributed by atoms with E-state index in [0.717, 1.165) is 17.0 Å². The lowest BCUT2D eigenvalue weighted by molar-refractivity contribution is 0.101. The highest BCUT2D eigenvalue weighted by Gasteiger charge is 2.12. The molecule has 4 heteroatoms. The van der Waals surface area contributed by atoms with Gasteiger partial charge in [0.1, 0.15) is 17.3 Å². The second-order valence-corrected chi connectivity index (χ2v) is 4.08. The van der Waals surface area contributed by atoms with Gasteiger partial charge in [-0.25, -0.2) is 4.98 Å². The second-order valence-electron chi connectivity index (χ2n) is 4.08. The van der Waals surface area contributed by atoms with Gasteiger partial charge in [0.15, 0.2) is 5.78 Å². The number of nitrogens with zero attached hydrogens (tertiary/aromatic N) is 1. The number of Topliss-reactive ketones (excluding diaryl/α,β-unsaturated/α-hetero) is 1. The zero-order valence-corrected chi connectivity index (χ0v) is 10.8. The number of aromatic nitrogens is 2.